The van der Waals surface area contributed by atoms with Crippen molar-refractivity contribution in [3.05, 3.63) is 52.7 Å². The van der Waals surface area contributed by atoms with Gasteiger partial charge in [0.15, 0.2) is 0 Å². The highest BCUT2D eigenvalue weighted by atomic mass is 35.5. The highest BCUT2D eigenvalue weighted by Gasteiger charge is 2.11. The fourth-order valence-electron chi connectivity index (χ4n) is 1.93. The van der Waals surface area contributed by atoms with E-state index in [1.807, 2.05) is 6.07 Å². The maximum Gasteiger partial charge on any atom is 0.254 e. The Bertz CT molecular complexity index is 647. The van der Waals surface area contributed by atoms with E-state index in [9.17, 15) is 4.79 Å². The van der Waals surface area contributed by atoms with E-state index >= 15 is 0 Å². The Labute approximate surface area is 128 Å². The molecule has 0 saturated carbocycles. The minimum atomic E-state index is -0.191. The van der Waals surface area contributed by atoms with Gasteiger partial charge in [0.2, 0.25) is 0 Å². The van der Waals surface area contributed by atoms with Crippen LogP contribution in [0.15, 0.2) is 36.5 Å². The minimum Gasteiger partial charge on any atom is -0.496 e. The molecule has 2 rings (SSSR count). The van der Waals surface area contributed by atoms with Crippen LogP contribution in [0, 0.1) is 0 Å². The third-order valence-electron chi connectivity index (χ3n) is 2.97. The molecule has 0 atom stereocenters. The van der Waals surface area contributed by atoms with Crippen molar-refractivity contribution in [2.45, 2.75) is 6.54 Å². The second-order valence-corrected chi connectivity index (χ2v) is 4.72. The lowest BCUT2D eigenvalue weighted by Crippen LogP contribution is -2.20. The number of nitrogens with one attached hydrogen (secondary N) is 2. The molecular formula is C15H16ClN3O2. The smallest absolute Gasteiger partial charge is 0.254 e. The molecule has 0 aliphatic rings. The molecule has 1 heterocycles. The average molecular weight is 306 g/mol. The van der Waals surface area contributed by atoms with Crippen molar-refractivity contribution in [3.63, 3.8) is 0 Å². The summed E-state index contributed by atoms with van der Waals surface area (Å²) >= 11 is 6.00. The summed E-state index contributed by atoms with van der Waals surface area (Å²) in [4.78, 5) is 16.0. The topological polar surface area (TPSA) is 63.2 Å². The number of halogens is 1. The van der Waals surface area contributed by atoms with Gasteiger partial charge in [-0.05, 0) is 30.3 Å². The second kappa shape index (κ2) is 6.95. The molecule has 5 nitrogen and oxygen atoms in total. The first-order chi connectivity index (χ1) is 10.2. The van der Waals surface area contributed by atoms with Gasteiger partial charge in [-0.3, -0.25) is 4.79 Å². The van der Waals surface area contributed by atoms with Crippen LogP contribution in [-0.2, 0) is 6.54 Å². The number of amides is 1. The number of nitrogens with zero attached hydrogens (tertiary/aromatic N) is 1. The van der Waals surface area contributed by atoms with Gasteiger partial charge in [0, 0.05) is 30.4 Å². The Hall–Kier alpha value is -2.27. The molecule has 2 aromatic rings. The molecule has 21 heavy (non-hydrogen) atoms. The van der Waals surface area contributed by atoms with Crippen LogP contribution in [0.3, 0.4) is 0 Å². The maximum absolute atomic E-state index is 11.8. The van der Waals surface area contributed by atoms with Crippen molar-refractivity contribution in [1.29, 1.82) is 0 Å². The highest BCUT2D eigenvalue weighted by Crippen LogP contribution is 2.24. The fourth-order valence-corrected chi connectivity index (χ4v) is 2.12. The lowest BCUT2D eigenvalue weighted by Gasteiger charge is -2.12. The first-order valence-electron chi connectivity index (χ1n) is 6.39. The highest BCUT2D eigenvalue weighted by molar-refractivity contribution is 6.30. The molecule has 1 aromatic heterocycles. The van der Waals surface area contributed by atoms with Crippen LogP contribution in [0.1, 0.15) is 15.9 Å². The van der Waals surface area contributed by atoms with E-state index in [2.05, 4.69) is 15.6 Å². The molecule has 0 unspecified atom stereocenters. The molecule has 6 heteroatoms. The molecular weight excluding hydrogens is 290 g/mol. The first-order valence-corrected chi connectivity index (χ1v) is 6.77. The van der Waals surface area contributed by atoms with Crippen LogP contribution in [0.5, 0.6) is 5.75 Å². The predicted molar refractivity (Wildman–Crippen MR) is 83.0 cm³/mol. The first kappa shape index (κ1) is 15.1. The molecule has 0 aliphatic carbocycles. The monoisotopic (exact) mass is 305 g/mol. The van der Waals surface area contributed by atoms with Crippen molar-refractivity contribution in [2.75, 3.05) is 19.5 Å². The lowest BCUT2D eigenvalue weighted by molar-refractivity contribution is 0.0963. The number of aromatic nitrogens is 1. The number of rotatable bonds is 5. The molecule has 1 aromatic carbocycles. The summed E-state index contributed by atoms with van der Waals surface area (Å²) < 4.78 is 5.29. The molecule has 0 spiro atoms. The second-order valence-electron chi connectivity index (χ2n) is 4.29. The summed E-state index contributed by atoms with van der Waals surface area (Å²) in [5, 5.41) is 6.35. The Morgan fingerprint density at radius 1 is 1.38 bits per heavy atom. The van der Waals surface area contributed by atoms with Crippen LogP contribution in [0.2, 0.25) is 5.02 Å². The summed E-state index contributed by atoms with van der Waals surface area (Å²) in [5.74, 6) is 1.05. The summed E-state index contributed by atoms with van der Waals surface area (Å²) in [6, 6.07) is 8.81. The molecule has 0 radical (unpaired) electrons. The third kappa shape index (κ3) is 3.64. The van der Waals surface area contributed by atoms with E-state index in [0.717, 1.165) is 11.3 Å². The van der Waals surface area contributed by atoms with Crippen molar-refractivity contribution in [1.82, 2.24) is 10.3 Å². The Morgan fingerprint density at radius 2 is 2.19 bits per heavy atom. The Balaban J connectivity index is 2.21. The number of carbonyl (C=O) groups excluding carboxylic acids is 1. The standard InChI is InChI=1S/C15H16ClN3O2/c1-17-15(20)12-4-3-7-18-14(12)19-9-10-8-11(16)5-6-13(10)21-2/h3-8H,9H2,1-2H3,(H,17,20)(H,18,19). The van der Waals surface area contributed by atoms with Gasteiger partial charge in [-0.25, -0.2) is 4.98 Å². The van der Waals surface area contributed by atoms with Gasteiger partial charge in [-0.2, -0.15) is 0 Å². The normalized spacial score (nSPS) is 10.0. The van der Waals surface area contributed by atoms with E-state index < -0.39 is 0 Å². The van der Waals surface area contributed by atoms with Gasteiger partial charge in [-0.15, -0.1) is 0 Å². The van der Waals surface area contributed by atoms with Gasteiger partial charge in [0.25, 0.3) is 5.91 Å². The molecule has 1 amide bonds. The van der Waals surface area contributed by atoms with Crippen molar-refractivity contribution in [2.24, 2.45) is 0 Å². The number of anilines is 1. The number of methoxy groups -OCH3 is 1. The van der Waals surface area contributed by atoms with Crippen molar-refractivity contribution in [3.8, 4) is 5.75 Å². The summed E-state index contributed by atoms with van der Waals surface area (Å²) in [5.41, 5.74) is 1.37. The van der Waals surface area contributed by atoms with E-state index in [0.29, 0.717) is 22.9 Å². The summed E-state index contributed by atoms with van der Waals surface area (Å²) in [6.07, 6.45) is 1.63. The van der Waals surface area contributed by atoms with Crippen molar-refractivity contribution >= 4 is 23.3 Å². The summed E-state index contributed by atoms with van der Waals surface area (Å²) in [6.45, 7) is 0.449. The lowest BCUT2D eigenvalue weighted by atomic mass is 10.2. The number of ether oxygens (including phenoxy) is 1. The number of pyridine rings is 1. The Kier molecular flexibility index (Phi) is 5.00. The zero-order valence-corrected chi connectivity index (χ0v) is 12.6. The van der Waals surface area contributed by atoms with Gasteiger partial charge in [-0.1, -0.05) is 11.6 Å². The van der Waals surface area contributed by atoms with Crippen LogP contribution >= 0.6 is 11.6 Å². The minimum absolute atomic E-state index is 0.191. The number of benzene rings is 1. The molecule has 0 bridgehead atoms. The molecule has 0 saturated heterocycles. The van der Waals surface area contributed by atoms with Gasteiger partial charge in [0.05, 0.1) is 12.7 Å². The van der Waals surface area contributed by atoms with Crippen LogP contribution < -0.4 is 15.4 Å². The molecule has 2 N–H and O–H groups in total. The predicted octanol–water partition coefficient (Wildman–Crippen LogP) is 2.72. The SMILES string of the molecule is CNC(=O)c1cccnc1NCc1cc(Cl)ccc1OC. The quantitative estimate of drug-likeness (QED) is 0.891. The average Bonchev–Trinajstić information content (AvgIpc) is 2.52. The molecule has 0 fully saturated rings. The third-order valence-corrected chi connectivity index (χ3v) is 3.20. The van der Waals surface area contributed by atoms with E-state index in [1.54, 1.807) is 44.6 Å². The van der Waals surface area contributed by atoms with E-state index in [4.69, 9.17) is 16.3 Å². The van der Waals surface area contributed by atoms with Crippen LogP contribution in [0.25, 0.3) is 0 Å². The zero-order chi connectivity index (χ0) is 15.2. The molecule has 0 aliphatic heterocycles. The zero-order valence-electron chi connectivity index (χ0n) is 11.8. The number of hydrogen-bond acceptors (Lipinski definition) is 4. The van der Waals surface area contributed by atoms with Crippen LogP contribution in [0.4, 0.5) is 5.82 Å². The largest absolute Gasteiger partial charge is 0.496 e. The maximum atomic E-state index is 11.8. The van der Waals surface area contributed by atoms with Crippen molar-refractivity contribution < 1.29 is 9.53 Å². The summed E-state index contributed by atoms with van der Waals surface area (Å²) in [7, 11) is 3.18. The van der Waals surface area contributed by atoms with Crippen LogP contribution in [-0.4, -0.2) is 25.0 Å². The number of carbonyl (C=O) groups is 1. The molecule has 110 valence electrons. The number of hydrogen-bond donors (Lipinski definition) is 2. The fraction of sp³-hybridized carbons (Fsp3) is 0.200. The van der Waals surface area contributed by atoms with Gasteiger partial charge >= 0.3 is 0 Å². The van der Waals surface area contributed by atoms with Gasteiger partial charge < -0.3 is 15.4 Å². The Morgan fingerprint density at radius 3 is 2.90 bits per heavy atom. The van der Waals surface area contributed by atoms with E-state index in [1.165, 1.54) is 0 Å². The van der Waals surface area contributed by atoms with E-state index in [-0.39, 0.29) is 5.91 Å². The van der Waals surface area contributed by atoms with Gasteiger partial charge in [0.1, 0.15) is 11.6 Å².